The minimum Gasteiger partial charge on any atom is -0.285 e. The van der Waals surface area contributed by atoms with E-state index in [2.05, 4.69) is 0 Å². The predicted octanol–water partition coefficient (Wildman–Crippen LogP) is 1.67. The minimum atomic E-state index is 0.875. The van der Waals surface area contributed by atoms with Gasteiger partial charge in [-0.15, -0.1) is 0 Å². The maximum Gasteiger partial charge on any atom is 0.267 e. The van der Waals surface area contributed by atoms with Gasteiger partial charge < -0.3 is 0 Å². The number of hydrogen-bond donors (Lipinski definition) is 1. The average molecular weight is 160 g/mol. The van der Waals surface area contributed by atoms with Crippen LogP contribution >= 0.6 is 0 Å². The number of nitrogens with zero attached hydrogens (tertiary/aromatic N) is 1. The predicted molar refractivity (Wildman–Crippen MR) is 46.1 cm³/mol. The molecule has 60 valence electrons. The van der Waals surface area contributed by atoms with E-state index in [1.54, 1.807) is 6.20 Å². The fraction of sp³-hybridized carbons (Fsp3) is 0.100. The van der Waals surface area contributed by atoms with Crippen LogP contribution in [-0.4, -0.2) is 5.21 Å². The number of rotatable bonds is 0. The van der Waals surface area contributed by atoms with Gasteiger partial charge in [-0.25, -0.2) is 0 Å². The van der Waals surface area contributed by atoms with Crippen LogP contribution in [-0.2, 0) is 0 Å². The average Bonchev–Trinajstić information content (AvgIpc) is 2.04. The van der Waals surface area contributed by atoms with Crippen molar-refractivity contribution in [1.29, 1.82) is 0 Å². The zero-order chi connectivity index (χ0) is 8.55. The first-order chi connectivity index (χ1) is 5.79. The normalized spacial score (nSPS) is 10.4. The van der Waals surface area contributed by atoms with E-state index in [-0.39, 0.29) is 0 Å². The van der Waals surface area contributed by atoms with Crippen LogP contribution in [0.3, 0.4) is 0 Å². The Kier molecular flexibility index (Phi) is 1.47. The lowest BCUT2D eigenvalue weighted by Crippen LogP contribution is -2.30. The first-order valence-electron chi connectivity index (χ1n) is 3.88. The second kappa shape index (κ2) is 2.48. The van der Waals surface area contributed by atoms with Gasteiger partial charge in [-0.2, -0.15) is 0 Å². The summed E-state index contributed by atoms with van der Waals surface area (Å²) in [5.41, 5.74) is 1.95. The van der Waals surface area contributed by atoms with Crippen LogP contribution < -0.4 is 4.73 Å². The number of para-hydroxylation sites is 1. The molecule has 0 atom stereocenters. The third kappa shape index (κ3) is 0.925. The van der Waals surface area contributed by atoms with E-state index in [1.165, 1.54) is 0 Å². The number of hydrogen-bond acceptors (Lipinski definition) is 1. The van der Waals surface area contributed by atoms with Crippen molar-refractivity contribution >= 4 is 10.9 Å². The summed E-state index contributed by atoms with van der Waals surface area (Å²) in [5.74, 6) is 0. The van der Waals surface area contributed by atoms with E-state index >= 15 is 0 Å². The molecule has 2 heteroatoms. The van der Waals surface area contributed by atoms with E-state index in [9.17, 15) is 5.21 Å². The van der Waals surface area contributed by atoms with Crippen LogP contribution in [0.5, 0.6) is 0 Å². The lowest BCUT2D eigenvalue weighted by molar-refractivity contribution is -0.884. The molecule has 2 rings (SSSR count). The molecule has 0 radical (unpaired) electrons. The Morgan fingerprint density at radius 2 is 1.92 bits per heavy atom. The molecular weight excluding hydrogens is 150 g/mol. The fourth-order valence-corrected chi connectivity index (χ4v) is 1.43. The molecule has 0 saturated heterocycles. The molecule has 0 fully saturated rings. The molecule has 0 amide bonds. The van der Waals surface area contributed by atoms with Crippen LogP contribution in [0.15, 0.2) is 36.5 Å². The summed E-state index contributed by atoms with van der Waals surface area (Å²) in [6.07, 6.45) is 1.63. The fourth-order valence-electron chi connectivity index (χ4n) is 1.43. The van der Waals surface area contributed by atoms with Gasteiger partial charge in [0.1, 0.15) is 0 Å². The summed E-state index contributed by atoms with van der Waals surface area (Å²) >= 11 is 0. The highest BCUT2D eigenvalue weighted by Gasteiger charge is 2.08. The zero-order valence-corrected chi connectivity index (χ0v) is 6.86. The largest absolute Gasteiger partial charge is 0.285 e. The van der Waals surface area contributed by atoms with Gasteiger partial charge in [0.05, 0.1) is 5.39 Å². The molecule has 0 bridgehead atoms. The minimum absolute atomic E-state index is 0.875. The monoisotopic (exact) mass is 160 g/mol. The van der Waals surface area contributed by atoms with Crippen LogP contribution in [0, 0.1) is 6.92 Å². The van der Waals surface area contributed by atoms with Crippen molar-refractivity contribution in [3.8, 4) is 0 Å². The highest BCUT2D eigenvalue weighted by molar-refractivity contribution is 5.78. The topological polar surface area (TPSA) is 24.1 Å². The Morgan fingerprint density at radius 3 is 2.67 bits per heavy atom. The number of fused-ring (bicyclic) bond motifs is 1. The molecular formula is C10H10NO+. The first kappa shape index (κ1) is 7.10. The quantitative estimate of drug-likeness (QED) is 0.460. The van der Waals surface area contributed by atoms with Gasteiger partial charge >= 0.3 is 0 Å². The summed E-state index contributed by atoms with van der Waals surface area (Å²) < 4.78 is 1.16. The number of aryl methyl sites for hydroxylation is 1. The lowest BCUT2D eigenvalue weighted by Gasteiger charge is -1.95. The first-order valence-corrected chi connectivity index (χ1v) is 3.88. The van der Waals surface area contributed by atoms with Crippen molar-refractivity contribution in [1.82, 2.24) is 0 Å². The molecule has 0 unspecified atom stereocenters. The van der Waals surface area contributed by atoms with Crippen LogP contribution in [0.25, 0.3) is 10.9 Å². The molecule has 1 aromatic heterocycles. The molecule has 1 N–H and O–H groups in total. The van der Waals surface area contributed by atoms with E-state index in [0.29, 0.717) is 0 Å². The summed E-state index contributed by atoms with van der Waals surface area (Å²) in [4.78, 5) is 0. The molecule has 12 heavy (non-hydrogen) atoms. The maximum atomic E-state index is 9.47. The van der Waals surface area contributed by atoms with Gasteiger partial charge in [-0.1, -0.05) is 12.1 Å². The van der Waals surface area contributed by atoms with Crippen LogP contribution in [0.4, 0.5) is 0 Å². The Labute approximate surface area is 70.7 Å². The van der Waals surface area contributed by atoms with Crippen molar-refractivity contribution in [3.63, 3.8) is 0 Å². The van der Waals surface area contributed by atoms with Crippen molar-refractivity contribution in [2.24, 2.45) is 0 Å². The summed E-state index contributed by atoms with van der Waals surface area (Å²) in [6.45, 7) is 1.98. The molecule has 2 aromatic rings. The summed E-state index contributed by atoms with van der Waals surface area (Å²) in [6, 6.07) is 9.75. The molecule has 0 saturated carbocycles. The molecule has 2 nitrogen and oxygen atoms in total. The second-order valence-electron chi connectivity index (χ2n) is 2.87. The van der Waals surface area contributed by atoms with Crippen LogP contribution in [0.2, 0.25) is 0 Å². The molecule has 1 aromatic carbocycles. The molecule has 1 heterocycles. The third-order valence-corrected chi connectivity index (χ3v) is 2.00. The van der Waals surface area contributed by atoms with Gasteiger partial charge in [-0.05, 0) is 19.1 Å². The van der Waals surface area contributed by atoms with Crippen molar-refractivity contribution in [3.05, 3.63) is 42.1 Å². The van der Waals surface area contributed by atoms with Crippen molar-refractivity contribution in [2.75, 3.05) is 0 Å². The highest BCUT2D eigenvalue weighted by atomic mass is 16.5. The number of pyridine rings is 1. The Hall–Kier alpha value is -1.57. The lowest BCUT2D eigenvalue weighted by atomic mass is 10.1. The molecule has 0 aliphatic carbocycles. The smallest absolute Gasteiger partial charge is 0.267 e. The number of aromatic nitrogens is 1. The third-order valence-electron chi connectivity index (χ3n) is 2.00. The van der Waals surface area contributed by atoms with Gasteiger partial charge in [0.15, 0.2) is 0 Å². The van der Waals surface area contributed by atoms with Gasteiger partial charge in [0.25, 0.3) is 5.52 Å². The Morgan fingerprint density at radius 1 is 1.17 bits per heavy atom. The second-order valence-corrected chi connectivity index (χ2v) is 2.87. The standard InChI is InChI=1S/C10H10NO/c1-8-4-2-5-9-6-3-7-11(12)10(8)9/h2-7,12H,1H3/q+1. The highest BCUT2D eigenvalue weighted by Crippen LogP contribution is 2.12. The SMILES string of the molecule is Cc1cccc2ccc[n+](O)c12. The molecule has 0 aliphatic rings. The molecule has 0 aliphatic heterocycles. The summed E-state index contributed by atoms with van der Waals surface area (Å²) in [7, 11) is 0. The maximum absolute atomic E-state index is 9.47. The van der Waals surface area contributed by atoms with E-state index in [0.717, 1.165) is 21.2 Å². The van der Waals surface area contributed by atoms with E-state index in [1.807, 2.05) is 37.3 Å². The Bertz CT molecular complexity index is 386. The Balaban J connectivity index is 2.96. The number of benzene rings is 1. The summed E-state index contributed by atoms with van der Waals surface area (Å²) in [5, 5.41) is 10.5. The van der Waals surface area contributed by atoms with Gasteiger partial charge in [0, 0.05) is 16.4 Å². The van der Waals surface area contributed by atoms with E-state index in [4.69, 9.17) is 0 Å². The van der Waals surface area contributed by atoms with Crippen molar-refractivity contribution < 1.29 is 9.94 Å². The van der Waals surface area contributed by atoms with Crippen LogP contribution in [0.1, 0.15) is 5.56 Å². The molecule has 0 spiro atoms. The van der Waals surface area contributed by atoms with Gasteiger partial charge in [0.2, 0.25) is 6.20 Å². The van der Waals surface area contributed by atoms with E-state index < -0.39 is 0 Å². The zero-order valence-electron chi connectivity index (χ0n) is 6.86. The van der Waals surface area contributed by atoms with Crippen molar-refractivity contribution in [2.45, 2.75) is 6.92 Å². The van der Waals surface area contributed by atoms with Gasteiger partial charge in [-0.3, -0.25) is 5.21 Å².